The number of pyridine rings is 1. The number of halogens is 6. The Kier molecular flexibility index (Phi) is 5.27. The van der Waals surface area contributed by atoms with Crippen molar-refractivity contribution in [1.29, 1.82) is 0 Å². The smallest absolute Gasteiger partial charge is 0.417 e. The first-order valence-electron chi connectivity index (χ1n) is 6.95. The maximum atomic E-state index is 12.7. The van der Waals surface area contributed by atoms with E-state index >= 15 is 0 Å². The molecule has 0 radical (unpaired) electrons. The van der Waals surface area contributed by atoms with E-state index in [1.54, 1.807) is 12.1 Å². The summed E-state index contributed by atoms with van der Waals surface area (Å²) < 4.78 is 44.6. The van der Waals surface area contributed by atoms with Crippen molar-refractivity contribution in [3.8, 4) is 11.6 Å². The highest BCUT2D eigenvalue weighted by molar-refractivity contribution is 6.35. The maximum absolute atomic E-state index is 12.7. The fraction of sp³-hybridized carbons (Fsp3) is 0.133. The van der Waals surface area contributed by atoms with E-state index in [4.69, 9.17) is 39.5 Å². The normalized spacial score (nSPS) is 11.6. The molecule has 0 aliphatic rings. The van der Waals surface area contributed by atoms with Gasteiger partial charge in [-0.2, -0.15) is 13.2 Å². The maximum Gasteiger partial charge on any atom is 0.417 e. The Morgan fingerprint density at radius 2 is 1.81 bits per heavy atom. The summed E-state index contributed by atoms with van der Waals surface area (Å²) >= 11 is 17.7. The zero-order chi connectivity index (χ0) is 18.9. The molecule has 0 unspecified atom stereocenters. The van der Waals surface area contributed by atoms with Crippen LogP contribution in [0.15, 0.2) is 36.8 Å². The van der Waals surface area contributed by atoms with Gasteiger partial charge in [0.2, 0.25) is 0 Å². The number of benzene rings is 1. The second-order valence-corrected chi connectivity index (χ2v) is 6.25. The molecule has 2 heterocycles. The van der Waals surface area contributed by atoms with Gasteiger partial charge in [-0.3, -0.25) is 0 Å². The van der Waals surface area contributed by atoms with Crippen LogP contribution < -0.4 is 4.74 Å². The first-order valence-corrected chi connectivity index (χ1v) is 8.09. The van der Waals surface area contributed by atoms with Crippen LogP contribution in [0.3, 0.4) is 0 Å². The molecule has 3 rings (SSSR count). The van der Waals surface area contributed by atoms with E-state index in [-0.39, 0.29) is 23.3 Å². The Morgan fingerprint density at radius 3 is 2.46 bits per heavy atom. The minimum Gasteiger partial charge on any atom is -0.484 e. The number of hydrogen-bond acceptors (Lipinski definition) is 4. The second-order valence-electron chi connectivity index (χ2n) is 5.00. The lowest BCUT2D eigenvalue weighted by Gasteiger charge is -2.08. The summed E-state index contributed by atoms with van der Waals surface area (Å²) in [6.45, 7) is -0.0212. The molecule has 0 N–H and O–H groups in total. The van der Waals surface area contributed by atoms with E-state index in [2.05, 4.69) is 15.1 Å². The van der Waals surface area contributed by atoms with Crippen molar-refractivity contribution >= 4 is 34.8 Å². The highest BCUT2D eigenvalue weighted by atomic mass is 35.5. The van der Waals surface area contributed by atoms with Crippen molar-refractivity contribution in [1.82, 2.24) is 19.7 Å². The van der Waals surface area contributed by atoms with E-state index < -0.39 is 11.7 Å². The van der Waals surface area contributed by atoms with Crippen molar-refractivity contribution < 1.29 is 17.9 Å². The van der Waals surface area contributed by atoms with Gasteiger partial charge in [0.15, 0.2) is 11.6 Å². The molecule has 0 amide bonds. The number of nitrogens with zero attached hydrogens (tertiary/aromatic N) is 4. The first-order chi connectivity index (χ1) is 12.2. The predicted molar refractivity (Wildman–Crippen MR) is 90.0 cm³/mol. The molecule has 136 valence electrons. The lowest BCUT2D eigenvalue weighted by atomic mass is 10.3. The predicted octanol–water partition coefficient (Wildman–Crippen LogP) is 5.22. The van der Waals surface area contributed by atoms with E-state index in [0.717, 1.165) is 10.7 Å². The van der Waals surface area contributed by atoms with Crippen molar-refractivity contribution in [2.45, 2.75) is 12.8 Å². The Bertz CT molecular complexity index is 946. The number of ether oxygens (including phenoxy) is 1. The third kappa shape index (κ3) is 4.20. The summed E-state index contributed by atoms with van der Waals surface area (Å²) in [7, 11) is 0. The topological polar surface area (TPSA) is 52.8 Å². The average molecular weight is 424 g/mol. The van der Waals surface area contributed by atoms with Gasteiger partial charge in [-0.1, -0.05) is 34.8 Å². The summed E-state index contributed by atoms with van der Waals surface area (Å²) in [4.78, 5) is 7.71. The van der Waals surface area contributed by atoms with Gasteiger partial charge in [0.25, 0.3) is 0 Å². The third-order valence-corrected chi connectivity index (χ3v) is 3.96. The molecule has 0 aliphatic heterocycles. The molecule has 1 aromatic carbocycles. The molecule has 2 aromatic heterocycles. The van der Waals surface area contributed by atoms with Crippen molar-refractivity contribution in [3.05, 3.63) is 63.2 Å². The molecule has 0 bridgehead atoms. The average Bonchev–Trinajstić information content (AvgIpc) is 3.01. The number of hydrogen-bond donors (Lipinski definition) is 0. The first kappa shape index (κ1) is 18.8. The third-order valence-electron chi connectivity index (χ3n) is 3.16. The number of rotatable bonds is 4. The minimum absolute atomic E-state index is 0.0166. The fourth-order valence-corrected chi connectivity index (χ4v) is 2.67. The molecule has 0 saturated carbocycles. The largest absolute Gasteiger partial charge is 0.484 e. The summed E-state index contributed by atoms with van der Waals surface area (Å²) in [5.41, 5.74) is -0.952. The Morgan fingerprint density at radius 1 is 1.04 bits per heavy atom. The van der Waals surface area contributed by atoms with Gasteiger partial charge in [-0.05, 0) is 24.3 Å². The van der Waals surface area contributed by atoms with E-state index in [1.165, 1.54) is 12.4 Å². The molecule has 3 aromatic rings. The van der Waals surface area contributed by atoms with Gasteiger partial charge in [0.05, 0.1) is 15.6 Å². The summed E-state index contributed by atoms with van der Waals surface area (Å²) in [5, 5.41) is 4.66. The summed E-state index contributed by atoms with van der Waals surface area (Å²) in [5.74, 6) is 0.662. The molecule has 0 atom stereocenters. The molecular weight excluding hydrogens is 416 g/mol. The molecule has 26 heavy (non-hydrogen) atoms. The quantitative estimate of drug-likeness (QED) is 0.577. The second kappa shape index (κ2) is 7.30. The van der Waals surface area contributed by atoms with Crippen LogP contribution in [-0.2, 0) is 12.8 Å². The van der Waals surface area contributed by atoms with E-state index in [0.29, 0.717) is 22.0 Å². The molecule has 0 aliphatic carbocycles. The van der Waals surface area contributed by atoms with Crippen LogP contribution in [0.1, 0.15) is 11.4 Å². The zero-order valence-corrected chi connectivity index (χ0v) is 14.9. The van der Waals surface area contributed by atoms with E-state index in [9.17, 15) is 13.2 Å². The van der Waals surface area contributed by atoms with Crippen LogP contribution >= 0.6 is 34.8 Å². The van der Waals surface area contributed by atoms with Crippen molar-refractivity contribution in [2.75, 3.05) is 0 Å². The Labute approximate surface area is 160 Å². The van der Waals surface area contributed by atoms with E-state index in [1.807, 2.05) is 0 Å². The Hall–Kier alpha value is -2.03. The molecule has 11 heteroatoms. The van der Waals surface area contributed by atoms with Crippen LogP contribution in [-0.4, -0.2) is 19.7 Å². The highest BCUT2D eigenvalue weighted by Crippen LogP contribution is 2.32. The summed E-state index contributed by atoms with van der Waals surface area (Å²) in [6.07, 6.45) is -2.59. The molecule has 0 spiro atoms. The van der Waals surface area contributed by atoms with Crippen molar-refractivity contribution in [2.24, 2.45) is 0 Å². The SMILES string of the molecule is FC(F)(F)c1cnc(-n2cnc(COc3ccc(Cl)cc3Cl)n2)c(Cl)c1. The van der Waals surface area contributed by atoms with Crippen LogP contribution in [0.5, 0.6) is 5.75 Å². The summed E-state index contributed by atoms with van der Waals surface area (Å²) in [6, 6.07) is 5.50. The molecule has 5 nitrogen and oxygen atoms in total. The number of alkyl halides is 3. The monoisotopic (exact) mass is 422 g/mol. The van der Waals surface area contributed by atoms with Crippen LogP contribution in [0.4, 0.5) is 13.2 Å². The van der Waals surface area contributed by atoms with Gasteiger partial charge in [0.1, 0.15) is 18.7 Å². The minimum atomic E-state index is -4.53. The van der Waals surface area contributed by atoms with Gasteiger partial charge >= 0.3 is 6.18 Å². The molecule has 0 fully saturated rings. The number of aromatic nitrogens is 4. The van der Waals surface area contributed by atoms with Crippen LogP contribution in [0.25, 0.3) is 5.82 Å². The van der Waals surface area contributed by atoms with Crippen LogP contribution in [0.2, 0.25) is 15.1 Å². The van der Waals surface area contributed by atoms with Gasteiger partial charge < -0.3 is 4.74 Å². The van der Waals surface area contributed by atoms with Crippen LogP contribution in [0, 0.1) is 0 Å². The zero-order valence-electron chi connectivity index (χ0n) is 12.6. The standard InChI is InChI=1S/C15H8Cl3F3N4O/c16-9-1-2-12(10(17)4-9)26-6-13-23-7-25(24-13)14-11(18)3-8(5-22-14)15(19,20)21/h1-5,7H,6H2. The van der Waals surface area contributed by atoms with Gasteiger partial charge in [-0.15, -0.1) is 5.10 Å². The fourth-order valence-electron chi connectivity index (χ4n) is 1.95. The van der Waals surface area contributed by atoms with Gasteiger partial charge in [-0.25, -0.2) is 14.6 Å². The van der Waals surface area contributed by atoms with Crippen molar-refractivity contribution in [3.63, 3.8) is 0 Å². The lowest BCUT2D eigenvalue weighted by molar-refractivity contribution is -0.137. The molecule has 0 saturated heterocycles. The van der Waals surface area contributed by atoms with Gasteiger partial charge in [0, 0.05) is 11.2 Å². The highest BCUT2D eigenvalue weighted by Gasteiger charge is 2.31. The molecular formula is C15H8Cl3F3N4O. The lowest BCUT2D eigenvalue weighted by Crippen LogP contribution is -2.08. The Balaban J connectivity index is 1.75.